The summed E-state index contributed by atoms with van der Waals surface area (Å²) in [4.78, 5) is 15.8. The first-order valence-electron chi connectivity index (χ1n) is 6.90. The van der Waals surface area contributed by atoms with Crippen molar-refractivity contribution in [2.75, 3.05) is 10.6 Å². The number of hydrogen-bond acceptors (Lipinski definition) is 3. The first-order chi connectivity index (χ1) is 10.0. The monoisotopic (exact) mass is 284 g/mol. The number of hydrogen-bond donors (Lipinski definition) is 3. The lowest BCUT2D eigenvalue weighted by molar-refractivity contribution is 0.250. The van der Waals surface area contributed by atoms with Crippen molar-refractivity contribution < 1.29 is 4.79 Å². The zero-order valence-electron chi connectivity index (χ0n) is 12.5. The first kappa shape index (κ1) is 14.8. The van der Waals surface area contributed by atoms with Crippen molar-refractivity contribution in [2.45, 2.75) is 26.8 Å². The van der Waals surface area contributed by atoms with Crippen LogP contribution in [0.25, 0.3) is 0 Å². The van der Waals surface area contributed by atoms with Gasteiger partial charge in [0, 0.05) is 11.7 Å². The van der Waals surface area contributed by atoms with Gasteiger partial charge in [0.15, 0.2) is 0 Å². The molecule has 5 nitrogen and oxygen atoms in total. The second kappa shape index (κ2) is 6.74. The number of pyridine rings is 1. The zero-order chi connectivity index (χ0) is 15.2. The zero-order valence-corrected chi connectivity index (χ0v) is 12.5. The molecule has 0 aliphatic rings. The van der Waals surface area contributed by atoms with Gasteiger partial charge in [-0.05, 0) is 50.6 Å². The molecule has 2 rings (SSSR count). The Bertz CT molecular complexity index is 608. The van der Waals surface area contributed by atoms with Gasteiger partial charge in [0.1, 0.15) is 5.82 Å². The highest BCUT2D eigenvalue weighted by molar-refractivity contribution is 5.88. The Labute approximate surface area is 124 Å². The number of nitrogens with zero attached hydrogens (tertiary/aromatic N) is 1. The number of nitrogens with one attached hydrogen (secondary N) is 3. The number of benzene rings is 1. The maximum absolute atomic E-state index is 11.6. The number of aryl methyl sites for hydroxylation is 1. The Balaban J connectivity index is 1.97. The van der Waals surface area contributed by atoms with Crippen LogP contribution in [-0.2, 0) is 0 Å². The van der Waals surface area contributed by atoms with Gasteiger partial charge in [0.05, 0.1) is 11.9 Å². The number of amides is 2. The van der Waals surface area contributed by atoms with E-state index in [0.29, 0.717) is 5.82 Å². The molecule has 21 heavy (non-hydrogen) atoms. The van der Waals surface area contributed by atoms with Gasteiger partial charge in [0.25, 0.3) is 0 Å². The van der Waals surface area contributed by atoms with Crippen molar-refractivity contribution in [3.8, 4) is 0 Å². The van der Waals surface area contributed by atoms with Crippen molar-refractivity contribution in [3.63, 3.8) is 0 Å². The molecule has 5 heteroatoms. The maximum atomic E-state index is 11.6. The average molecular weight is 284 g/mol. The number of carbonyl (C=O) groups excluding carboxylic acids is 1. The van der Waals surface area contributed by atoms with Crippen LogP contribution in [0.3, 0.4) is 0 Å². The topological polar surface area (TPSA) is 66.0 Å². The van der Waals surface area contributed by atoms with E-state index in [4.69, 9.17) is 0 Å². The van der Waals surface area contributed by atoms with E-state index in [2.05, 4.69) is 27.0 Å². The molecule has 1 aromatic heterocycles. The van der Waals surface area contributed by atoms with Crippen molar-refractivity contribution >= 4 is 23.2 Å². The molecule has 0 aliphatic carbocycles. The average Bonchev–Trinajstić information content (AvgIpc) is 2.40. The third-order valence-corrected chi connectivity index (χ3v) is 2.73. The van der Waals surface area contributed by atoms with Gasteiger partial charge in [-0.3, -0.25) is 5.32 Å². The molecule has 1 aromatic carbocycles. The van der Waals surface area contributed by atoms with Crippen LogP contribution in [0.1, 0.15) is 19.4 Å². The molecule has 1 heterocycles. The number of urea groups is 1. The Morgan fingerprint density at radius 2 is 1.95 bits per heavy atom. The summed E-state index contributed by atoms with van der Waals surface area (Å²) >= 11 is 0. The highest BCUT2D eigenvalue weighted by Gasteiger charge is 2.04. The van der Waals surface area contributed by atoms with Crippen molar-refractivity contribution in [2.24, 2.45) is 0 Å². The molecule has 0 saturated heterocycles. The van der Waals surface area contributed by atoms with Gasteiger partial charge in [-0.25, -0.2) is 9.78 Å². The molecule has 0 bridgehead atoms. The van der Waals surface area contributed by atoms with Crippen molar-refractivity contribution in [1.82, 2.24) is 10.3 Å². The highest BCUT2D eigenvalue weighted by Crippen LogP contribution is 2.17. The lowest BCUT2D eigenvalue weighted by Crippen LogP contribution is -2.34. The normalized spacial score (nSPS) is 10.3. The Hall–Kier alpha value is -2.56. The van der Waals surface area contributed by atoms with Crippen LogP contribution in [0.4, 0.5) is 22.0 Å². The lowest BCUT2D eigenvalue weighted by atomic mass is 10.2. The van der Waals surface area contributed by atoms with E-state index < -0.39 is 0 Å². The number of carbonyl (C=O) groups is 1. The summed E-state index contributed by atoms with van der Waals surface area (Å²) in [5.74, 6) is 0.517. The standard InChI is InChI=1S/C16H20N4O/c1-11(2)18-16(21)20-15-8-7-14(10-17-15)19-13-6-4-5-12(3)9-13/h4-11,19H,1-3H3,(H2,17,18,20,21). The molecule has 2 aromatic rings. The van der Waals surface area contributed by atoms with E-state index in [1.54, 1.807) is 12.3 Å². The predicted octanol–water partition coefficient (Wildman–Crippen LogP) is 3.66. The van der Waals surface area contributed by atoms with Crippen LogP contribution in [0.5, 0.6) is 0 Å². The smallest absolute Gasteiger partial charge is 0.320 e. The Morgan fingerprint density at radius 3 is 2.57 bits per heavy atom. The van der Waals surface area contributed by atoms with Crippen LogP contribution in [-0.4, -0.2) is 17.1 Å². The largest absolute Gasteiger partial charge is 0.354 e. The number of rotatable bonds is 4. The summed E-state index contributed by atoms with van der Waals surface area (Å²) < 4.78 is 0. The molecule has 0 aliphatic heterocycles. The van der Waals surface area contributed by atoms with Crippen molar-refractivity contribution in [3.05, 3.63) is 48.2 Å². The van der Waals surface area contributed by atoms with Gasteiger partial charge in [0.2, 0.25) is 0 Å². The Morgan fingerprint density at radius 1 is 1.14 bits per heavy atom. The van der Waals surface area contributed by atoms with E-state index in [-0.39, 0.29) is 12.1 Å². The minimum atomic E-state index is -0.253. The fourth-order valence-corrected chi connectivity index (χ4v) is 1.85. The molecule has 0 saturated carbocycles. The molecule has 0 radical (unpaired) electrons. The van der Waals surface area contributed by atoms with E-state index in [0.717, 1.165) is 11.4 Å². The van der Waals surface area contributed by atoms with Gasteiger partial charge < -0.3 is 10.6 Å². The van der Waals surface area contributed by atoms with E-state index in [1.165, 1.54) is 5.56 Å². The van der Waals surface area contributed by atoms with Crippen LogP contribution in [0, 0.1) is 6.92 Å². The quantitative estimate of drug-likeness (QED) is 0.802. The number of anilines is 3. The predicted molar refractivity (Wildman–Crippen MR) is 86.0 cm³/mol. The minimum Gasteiger partial charge on any atom is -0.354 e. The molecule has 2 amide bonds. The molecular weight excluding hydrogens is 264 g/mol. The second-order valence-corrected chi connectivity index (χ2v) is 5.18. The SMILES string of the molecule is Cc1cccc(Nc2ccc(NC(=O)NC(C)C)nc2)c1. The second-order valence-electron chi connectivity index (χ2n) is 5.18. The van der Waals surface area contributed by atoms with E-state index in [9.17, 15) is 4.79 Å². The molecule has 3 N–H and O–H groups in total. The van der Waals surface area contributed by atoms with Crippen LogP contribution < -0.4 is 16.0 Å². The summed E-state index contributed by atoms with van der Waals surface area (Å²) in [6, 6.07) is 11.6. The fraction of sp³-hybridized carbons (Fsp3) is 0.250. The highest BCUT2D eigenvalue weighted by atomic mass is 16.2. The summed E-state index contributed by atoms with van der Waals surface area (Å²) in [6.45, 7) is 5.85. The molecule has 0 spiro atoms. The maximum Gasteiger partial charge on any atom is 0.320 e. The summed E-state index contributed by atoms with van der Waals surface area (Å²) in [5.41, 5.74) is 3.07. The molecule has 0 atom stereocenters. The molecule has 0 fully saturated rings. The lowest BCUT2D eigenvalue weighted by Gasteiger charge is -2.10. The third-order valence-electron chi connectivity index (χ3n) is 2.73. The summed E-state index contributed by atoms with van der Waals surface area (Å²) in [6.07, 6.45) is 1.69. The first-order valence-corrected chi connectivity index (χ1v) is 6.90. The number of aromatic nitrogens is 1. The van der Waals surface area contributed by atoms with E-state index >= 15 is 0 Å². The van der Waals surface area contributed by atoms with E-state index in [1.807, 2.05) is 45.0 Å². The van der Waals surface area contributed by atoms with Gasteiger partial charge in [-0.2, -0.15) is 0 Å². The minimum absolute atomic E-state index is 0.0901. The van der Waals surface area contributed by atoms with Gasteiger partial charge in [-0.1, -0.05) is 12.1 Å². The van der Waals surface area contributed by atoms with Crippen LogP contribution >= 0.6 is 0 Å². The van der Waals surface area contributed by atoms with Gasteiger partial charge in [-0.15, -0.1) is 0 Å². The molecule has 110 valence electrons. The van der Waals surface area contributed by atoms with Crippen LogP contribution in [0.15, 0.2) is 42.6 Å². The third kappa shape index (κ3) is 4.80. The summed E-state index contributed by atoms with van der Waals surface area (Å²) in [5, 5.41) is 8.70. The van der Waals surface area contributed by atoms with Crippen molar-refractivity contribution in [1.29, 1.82) is 0 Å². The molecular formula is C16H20N4O. The Kier molecular flexibility index (Phi) is 4.77. The van der Waals surface area contributed by atoms with Crippen LogP contribution in [0.2, 0.25) is 0 Å². The summed E-state index contributed by atoms with van der Waals surface area (Å²) in [7, 11) is 0. The fourth-order valence-electron chi connectivity index (χ4n) is 1.85. The molecule has 0 unspecified atom stereocenters. The van der Waals surface area contributed by atoms with Gasteiger partial charge >= 0.3 is 6.03 Å².